The van der Waals surface area contributed by atoms with Crippen LogP contribution in [0.3, 0.4) is 0 Å². The van der Waals surface area contributed by atoms with Crippen molar-refractivity contribution < 1.29 is 4.74 Å². The number of halogens is 1. The molecule has 0 saturated carbocycles. The average Bonchev–Trinajstić information content (AvgIpc) is 3.13. The van der Waals surface area contributed by atoms with Gasteiger partial charge in [0.15, 0.2) is 5.82 Å². The second kappa shape index (κ2) is 4.53. The fourth-order valence-electron chi connectivity index (χ4n) is 3.22. The minimum Gasteiger partial charge on any atom is -0.399 e. The van der Waals surface area contributed by atoms with Crippen LogP contribution in [0.4, 0.5) is 5.69 Å². The van der Waals surface area contributed by atoms with Crippen molar-refractivity contribution in [3.63, 3.8) is 0 Å². The molecule has 1 aromatic heterocycles. The Kier molecular flexibility index (Phi) is 2.78. The molecule has 1 aromatic carbocycles. The van der Waals surface area contributed by atoms with Crippen LogP contribution < -0.4 is 5.73 Å². The molecule has 2 fully saturated rings. The van der Waals surface area contributed by atoms with Crippen LogP contribution in [-0.4, -0.2) is 32.4 Å². The first kappa shape index (κ1) is 12.3. The van der Waals surface area contributed by atoms with Crippen molar-refractivity contribution in [2.24, 2.45) is 0 Å². The van der Waals surface area contributed by atoms with Gasteiger partial charge in [-0.2, -0.15) is 0 Å². The smallest absolute Gasteiger partial charge is 0.182 e. The van der Waals surface area contributed by atoms with Gasteiger partial charge in [0.25, 0.3) is 0 Å². The fraction of sp³-hybridized carbons (Fsp3) is 0.462. The van der Waals surface area contributed by atoms with E-state index in [1.54, 1.807) is 0 Å². The number of fused-ring (bicyclic) bond motifs is 2. The van der Waals surface area contributed by atoms with Crippen molar-refractivity contribution in [2.75, 3.05) is 5.73 Å². The monoisotopic (exact) mass is 335 g/mol. The number of anilines is 1. The third-order valence-corrected chi connectivity index (χ3v) is 4.52. The van der Waals surface area contributed by atoms with Gasteiger partial charge in [-0.1, -0.05) is 15.9 Å². The van der Waals surface area contributed by atoms with E-state index in [2.05, 4.69) is 31.5 Å². The lowest BCUT2D eigenvalue weighted by atomic mass is 9.95. The van der Waals surface area contributed by atoms with Crippen LogP contribution in [0.15, 0.2) is 22.7 Å². The van der Waals surface area contributed by atoms with Crippen molar-refractivity contribution >= 4 is 21.6 Å². The van der Waals surface area contributed by atoms with Gasteiger partial charge in [-0.15, -0.1) is 5.10 Å². The molecule has 104 valence electrons. The normalized spacial score (nSPS) is 28.1. The van der Waals surface area contributed by atoms with Crippen LogP contribution in [0.25, 0.3) is 11.4 Å². The quantitative estimate of drug-likeness (QED) is 0.851. The van der Waals surface area contributed by atoms with E-state index in [1.807, 2.05) is 22.9 Å². The number of rotatable bonds is 2. The Morgan fingerprint density at radius 1 is 1.30 bits per heavy atom. The van der Waals surface area contributed by atoms with Gasteiger partial charge in [0.05, 0.1) is 18.2 Å². The van der Waals surface area contributed by atoms with E-state index >= 15 is 0 Å². The molecule has 2 saturated heterocycles. The minimum atomic E-state index is 0.235. The molecule has 0 amide bonds. The van der Waals surface area contributed by atoms with E-state index in [0.717, 1.165) is 35.1 Å². The number of hydrogen-bond acceptors (Lipinski definition) is 5. The standard InChI is InChI=1S/C13H14BrN5O/c14-8-3-7(4-9(15)5-8)13-16-17-18-19(13)11-6-10-1-2-12(11)20-10/h3-5,10-12H,1-2,6,15H2. The summed E-state index contributed by atoms with van der Waals surface area (Å²) >= 11 is 3.46. The van der Waals surface area contributed by atoms with E-state index < -0.39 is 0 Å². The van der Waals surface area contributed by atoms with Gasteiger partial charge in [-0.25, -0.2) is 4.68 Å². The molecule has 3 heterocycles. The van der Waals surface area contributed by atoms with E-state index in [-0.39, 0.29) is 12.1 Å². The first-order chi connectivity index (χ1) is 9.70. The molecule has 0 radical (unpaired) electrons. The summed E-state index contributed by atoms with van der Waals surface area (Å²) in [7, 11) is 0. The maximum Gasteiger partial charge on any atom is 0.182 e. The highest BCUT2D eigenvalue weighted by atomic mass is 79.9. The van der Waals surface area contributed by atoms with E-state index in [0.29, 0.717) is 11.8 Å². The topological polar surface area (TPSA) is 78.9 Å². The highest BCUT2D eigenvalue weighted by Crippen LogP contribution is 2.42. The SMILES string of the molecule is Nc1cc(Br)cc(-c2nnnn2C2CC3CCC2O3)c1. The highest BCUT2D eigenvalue weighted by molar-refractivity contribution is 9.10. The molecule has 2 aliphatic rings. The number of tetrazole rings is 1. The van der Waals surface area contributed by atoms with Crippen LogP contribution >= 0.6 is 15.9 Å². The zero-order valence-electron chi connectivity index (χ0n) is 10.7. The second-order valence-electron chi connectivity index (χ2n) is 5.40. The third kappa shape index (κ3) is 1.92. The Hall–Kier alpha value is -1.47. The molecule has 2 bridgehead atoms. The summed E-state index contributed by atoms with van der Waals surface area (Å²) in [5, 5.41) is 12.2. The van der Waals surface area contributed by atoms with E-state index in [9.17, 15) is 0 Å². The van der Waals surface area contributed by atoms with Gasteiger partial charge in [0.2, 0.25) is 0 Å². The Morgan fingerprint density at radius 3 is 2.90 bits per heavy atom. The summed E-state index contributed by atoms with van der Waals surface area (Å²) < 4.78 is 8.71. The summed E-state index contributed by atoms with van der Waals surface area (Å²) in [4.78, 5) is 0. The summed E-state index contributed by atoms with van der Waals surface area (Å²) in [6.45, 7) is 0. The lowest BCUT2D eigenvalue weighted by Gasteiger charge is -2.19. The van der Waals surface area contributed by atoms with Crippen molar-refractivity contribution in [1.82, 2.24) is 20.2 Å². The predicted molar refractivity (Wildman–Crippen MR) is 76.9 cm³/mol. The number of hydrogen-bond donors (Lipinski definition) is 1. The van der Waals surface area contributed by atoms with Crippen LogP contribution in [0.5, 0.6) is 0 Å². The number of nitrogen functional groups attached to an aromatic ring is 1. The maximum absolute atomic E-state index is 5.90. The number of benzene rings is 1. The van der Waals surface area contributed by atoms with Crippen LogP contribution in [0.1, 0.15) is 25.3 Å². The van der Waals surface area contributed by atoms with Gasteiger partial charge < -0.3 is 10.5 Å². The van der Waals surface area contributed by atoms with Crippen LogP contribution in [0, 0.1) is 0 Å². The summed E-state index contributed by atoms with van der Waals surface area (Å²) in [6, 6.07) is 5.96. The summed E-state index contributed by atoms with van der Waals surface area (Å²) in [5.41, 5.74) is 7.51. The molecule has 4 rings (SSSR count). The molecule has 0 spiro atoms. The molecule has 2 aliphatic heterocycles. The predicted octanol–water partition coefficient (Wildman–Crippen LogP) is 2.18. The van der Waals surface area contributed by atoms with Crippen molar-refractivity contribution in [3.8, 4) is 11.4 Å². The number of ether oxygens (including phenoxy) is 1. The Bertz CT molecular complexity index is 638. The number of aromatic nitrogens is 4. The van der Waals surface area contributed by atoms with Gasteiger partial charge in [-0.05, 0) is 47.9 Å². The molecule has 0 aliphatic carbocycles. The maximum atomic E-state index is 5.90. The van der Waals surface area contributed by atoms with Crippen molar-refractivity contribution in [3.05, 3.63) is 22.7 Å². The molecular weight excluding hydrogens is 322 g/mol. The first-order valence-electron chi connectivity index (χ1n) is 6.70. The molecule has 20 heavy (non-hydrogen) atoms. The Balaban J connectivity index is 1.75. The van der Waals surface area contributed by atoms with E-state index in [4.69, 9.17) is 10.5 Å². The summed E-state index contributed by atoms with van der Waals surface area (Å²) in [6.07, 6.45) is 3.85. The van der Waals surface area contributed by atoms with Crippen LogP contribution in [-0.2, 0) is 4.74 Å². The van der Waals surface area contributed by atoms with Gasteiger partial charge in [0, 0.05) is 15.7 Å². The minimum absolute atomic E-state index is 0.235. The van der Waals surface area contributed by atoms with Crippen LogP contribution in [0.2, 0.25) is 0 Å². The number of nitrogens with zero attached hydrogens (tertiary/aromatic N) is 4. The van der Waals surface area contributed by atoms with Gasteiger partial charge in [0.1, 0.15) is 0 Å². The van der Waals surface area contributed by atoms with E-state index in [1.165, 1.54) is 0 Å². The molecular formula is C13H14BrN5O. The lowest BCUT2D eigenvalue weighted by Crippen LogP contribution is -2.22. The van der Waals surface area contributed by atoms with Crippen molar-refractivity contribution in [2.45, 2.75) is 37.5 Å². The van der Waals surface area contributed by atoms with Crippen molar-refractivity contribution in [1.29, 1.82) is 0 Å². The second-order valence-corrected chi connectivity index (χ2v) is 6.31. The highest BCUT2D eigenvalue weighted by Gasteiger charge is 2.43. The Morgan fingerprint density at radius 2 is 2.20 bits per heavy atom. The molecule has 3 atom stereocenters. The number of nitrogens with two attached hydrogens (primary N) is 1. The molecule has 6 nitrogen and oxygen atoms in total. The summed E-state index contributed by atoms with van der Waals surface area (Å²) in [5.74, 6) is 0.749. The molecule has 2 N–H and O–H groups in total. The third-order valence-electron chi connectivity index (χ3n) is 4.06. The van der Waals surface area contributed by atoms with Gasteiger partial charge >= 0.3 is 0 Å². The molecule has 3 unspecified atom stereocenters. The lowest BCUT2D eigenvalue weighted by molar-refractivity contribution is 0.0922. The largest absolute Gasteiger partial charge is 0.399 e. The zero-order chi connectivity index (χ0) is 13.7. The Labute approximate surface area is 124 Å². The molecule has 7 heteroatoms. The first-order valence-corrected chi connectivity index (χ1v) is 7.50. The fourth-order valence-corrected chi connectivity index (χ4v) is 3.73. The molecule has 2 aromatic rings. The average molecular weight is 336 g/mol. The van der Waals surface area contributed by atoms with Gasteiger partial charge in [-0.3, -0.25) is 0 Å². The zero-order valence-corrected chi connectivity index (χ0v) is 12.3.